The van der Waals surface area contributed by atoms with Crippen molar-refractivity contribution in [1.29, 1.82) is 0 Å². The topological polar surface area (TPSA) is 56.7 Å². The highest BCUT2D eigenvalue weighted by Crippen LogP contribution is 2.29. The van der Waals surface area contributed by atoms with Crippen LogP contribution in [0.15, 0.2) is 12.5 Å². The molecule has 2 N–H and O–H groups in total. The average molecular weight is 204 g/mol. The molecule has 0 fully saturated rings. The van der Waals surface area contributed by atoms with Crippen molar-refractivity contribution in [2.24, 2.45) is 0 Å². The molecule has 4 heteroatoms. The monoisotopic (exact) mass is 204 g/mol. The van der Waals surface area contributed by atoms with Crippen molar-refractivity contribution in [1.82, 2.24) is 14.5 Å². The van der Waals surface area contributed by atoms with Crippen LogP contribution >= 0.6 is 0 Å². The first-order valence-electron chi connectivity index (χ1n) is 5.24. The first-order valence-corrected chi connectivity index (χ1v) is 5.24. The maximum absolute atomic E-state index is 5.90. The second kappa shape index (κ2) is 3.53. The lowest BCUT2D eigenvalue weighted by molar-refractivity contribution is 0.772. The quantitative estimate of drug-likeness (QED) is 0.815. The highest BCUT2D eigenvalue weighted by molar-refractivity contribution is 5.90. The molecular formula is C11H16N4. The molecule has 0 aromatic carbocycles. The summed E-state index contributed by atoms with van der Waals surface area (Å²) in [6.07, 6.45) is 3.65. The molecular weight excluding hydrogens is 188 g/mol. The lowest BCUT2D eigenvalue weighted by Crippen LogP contribution is -1.96. The molecule has 0 saturated heterocycles. The van der Waals surface area contributed by atoms with E-state index in [1.54, 1.807) is 0 Å². The molecule has 2 aromatic rings. The van der Waals surface area contributed by atoms with Crippen molar-refractivity contribution in [3.63, 3.8) is 0 Å². The zero-order valence-corrected chi connectivity index (χ0v) is 9.36. The second-order valence-electron chi connectivity index (χ2n) is 3.98. The number of fused-ring (bicyclic) bond motifs is 1. The van der Waals surface area contributed by atoms with E-state index in [1.807, 2.05) is 0 Å². The molecule has 15 heavy (non-hydrogen) atoms. The van der Waals surface area contributed by atoms with E-state index in [0.717, 1.165) is 17.6 Å². The fraction of sp³-hybridized carbons (Fsp3) is 0.455. The Bertz CT molecular complexity index is 485. The van der Waals surface area contributed by atoms with Gasteiger partial charge in [-0.1, -0.05) is 13.8 Å². The van der Waals surface area contributed by atoms with Crippen LogP contribution in [-0.4, -0.2) is 14.5 Å². The molecule has 0 atom stereocenters. The minimum Gasteiger partial charge on any atom is -0.383 e. The van der Waals surface area contributed by atoms with Gasteiger partial charge in [-0.2, -0.15) is 0 Å². The van der Waals surface area contributed by atoms with Gasteiger partial charge >= 0.3 is 0 Å². The first-order chi connectivity index (χ1) is 7.15. The summed E-state index contributed by atoms with van der Waals surface area (Å²) in [5, 5.41) is 1.01. The van der Waals surface area contributed by atoms with Gasteiger partial charge in [-0.25, -0.2) is 9.97 Å². The number of hydrogen-bond donors (Lipinski definition) is 1. The van der Waals surface area contributed by atoms with Crippen molar-refractivity contribution < 1.29 is 0 Å². The summed E-state index contributed by atoms with van der Waals surface area (Å²) in [4.78, 5) is 8.34. The van der Waals surface area contributed by atoms with Crippen molar-refractivity contribution in [3.05, 3.63) is 18.1 Å². The van der Waals surface area contributed by atoms with Crippen molar-refractivity contribution in [3.8, 4) is 0 Å². The fourth-order valence-electron chi connectivity index (χ4n) is 1.86. The number of hydrogen-bond acceptors (Lipinski definition) is 3. The van der Waals surface area contributed by atoms with E-state index < -0.39 is 0 Å². The molecule has 0 spiro atoms. The number of aromatic nitrogens is 3. The summed E-state index contributed by atoms with van der Waals surface area (Å²) in [6, 6.07) is 0. The van der Waals surface area contributed by atoms with Crippen LogP contribution in [0.5, 0.6) is 0 Å². The predicted molar refractivity (Wildman–Crippen MR) is 61.7 cm³/mol. The van der Waals surface area contributed by atoms with Crippen LogP contribution in [0.3, 0.4) is 0 Å². The third-order valence-electron chi connectivity index (χ3n) is 2.67. The Hall–Kier alpha value is -1.58. The van der Waals surface area contributed by atoms with E-state index >= 15 is 0 Å². The van der Waals surface area contributed by atoms with Gasteiger partial charge in [0.05, 0.1) is 5.39 Å². The van der Waals surface area contributed by atoms with Crippen LogP contribution < -0.4 is 5.73 Å². The number of anilines is 1. The standard InChI is InChI=1S/C11H16N4/c1-4-15-5-8(7(2)3)9-10(12)13-6-14-11(9)15/h5-7H,4H2,1-3H3,(H2,12,13,14). The molecule has 0 bridgehead atoms. The van der Waals surface area contributed by atoms with E-state index in [9.17, 15) is 0 Å². The number of nitrogen functional groups attached to an aromatic ring is 1. The molecule has 0 aliphatic heterocycles. The lowest BCUT2D eigenvalue weighted by Gasteiger charge is -2.02. The summed E-state index contributed by atoms with van der Waals surface area (Å²) >= 11 is 0. The molecule has 4 nitrogen and oxygen atoms in total. The molecule has 2 rings (SSSR count). The minimum absolute atomic E-state index is 0.439. The molecule has 0 aliphatic carbocycles. The van der Waals surface area contributed by atoms with Gasteiger partial charge < -0.3 is 10.3 Å². The molecule has 2 heterocycles. The zero-order chi connectivity index (χ0) is 11.0. The van der Waals surface area contributed by atoms with Gasteiger partial charge in [0.1, 0.15) is 17.8 Å². The van der Waals surface area contributed by atoms with E-state index in [0.29, 0.717) is 11.7 Å². The average Bonchev–Trinajstić information content (AvgIpc) is 2.58. The van der Waals surface area contributed by atoms with Gasteiger partial charge in [0, 0.05) is 12.7 Å². The Labute approximate surface area is 89.1 Å². The molecule has 0 amide bonds. The van der Waals surface area contributed by atoms with Crippen LogP contribution in [0.4, 0.5) is 5.82 Å². The summed E-state index contributed by atoms with van der Waals surface area (Å²) in [6.45, 7) is 7.31. The fourth-order valence-corrected chi connectivity index (χ4v) is 1.86. The van der Waals surface area contributed by atoms with Crippen molar-refractivity contribution in [2.75, 3.05) is 5.73 Å². The summed E-state index contributed by atoms with van der Waals surface area (Å²) in [7, 11) is 0. The maximum atomic E-state index is 5.90. The van der Waals surface area contributed by atoms with E-state index in [1.165, 1.54) is 11.9 Å². The largest absolute Gasteiger partial charge is 0.383 e. The number of nitrogens with zero attached hydrogens (tertiary/aromatic N) is 3. The number of aryl methyl sites for hydroxylation is 1. The smallest absolute Gasteiger partial charge is 0.145 e. The first kappa shape index (κ1) is 9.96. The van der Waals surface area contributed by atoms with E-state index in [-0.39, 0.29) is 0 Å². The van der Waals surface area contributed by atoms with Gasteiger partial charge in [0.15, 0.2) is 0 Å². The lowest BCUT2D eigenvalue weighted by atomic mass is 10.0. The molecule has 2 aromatic heterocycles. The van der Waals surface area contributed by atoms with Crippen molar-refractivity contribution in [2.45, 2.75) is 33.2 Å². The van der Waals surface area contributed by atoms with Gasteiger partial charge in [-0.3, -0.25) is 0 Å². The number of rotatable bonds is 2. The van der Waals surface area contributed by atoms with Gasteiger partial charge in [0.25, 0.3) is 0 Å². The third kappa shape index (κ3) is 1.46. The van der Waals surface area contributed by atoms with Crippen LogP contribution in [0, 0.1) is 0 Å². The maximum Gasteiger partial charge on any atom is 0.145 e. The van der Waals surface area contributed by atoms with Gasteiger partial charge in [-0.05, 0) is 18.4 Å². The van der Waals surface area contributed by atoms with Crippen LogP contribution in [-0.2, 0) is 6.54 Å². The SMILES string of the molecule is CCn1cc(C(C)C)c2c(N)ncnc21. The molecule has 80 valence electrons. The minimum atomic E-state index is 0.439. The van der Waals surface area contributed by atoms with Crippen LogP contribution in [0.2, 0.25) is 0 Å². The van der Waals surface area contributed by atoms with E-state index in [2.05, 4.69) is 41.5 Å². The van der Waals surface area contributed by atoms with Crippen LogP contribution in [0.1, 0.15) is 32.3 Å². The summed E-state index contributed by atoms with van der Waals surface area (Å²) in [5.74, 6) is 1.02. The molecule has 0 saturated carbocycles. The van der Waals surface area contributed by atoms with Crippen LogP contribution in [0.25, 0.3) is 11.0 Å². The summed E-state index contributed by atoms with van der Waals surface area (Å²) in [5.41, 5.74) is 8.06. The highest BCUT2D eigenvalue weighted by Gasteiger charge is 2.14. The third-order valence-corrected chi connectivity index (χ3v) is 2.67. The highest BCUT2D eigenvalue weighted by atomic mass is 15.1. The number of nitrogens with two attached hydrogens (primary N) is 1. The summed E-state index contributed by atoms with van der Waals surface area (Å²) < 4.78 is 2.11. The predicted octanol–water partition coefficient (Wildman–Crippen LogP) is 2.16. The van der Waals surface area contributed by atoms with E-state index in [4.69, 9.17) is 5.73 Å². The Morgan fingerprint density at radius 1 is 1.40 bits per heavy atom. The Kier molecular flexibility index (Phi) is 2.34. The van der Waals surface area contributed by atoms with Gasteiger partial charge in [-0.15, -0.1) is 0 Å². The molecule has 0 unspecified atom stereocenters. The van der Waals surface area contributed by atoms with Crippen molar-refractivity contribution >= 4 is 16.9 Å². The van der Waals surface area contributed by atoms with Gasteiger partial charge in [0.2, 0.25) is 0 Å². The normalized spacial score (nSPS) is 11.5. The second-order valence-corrected chi connectivity index (χ2v) is 3.98. The zero-order valence-electron chi connectivity index (χ0n) is 9.36. The Balaban J connectivity index is 2.82. The Morgan fingerprint density at radius 2 is 2.13 bits per heavy atom. The molecule has 0 aliphatic rings. The molecule has 0 radical (unpaired) electrons. The Morgan fingerprint density at radius 3 is 2.73 bits per heavy atom.